The van der Waals surface area contributed by atoms with Gasteiger partial charge in [-0.15, -0.1) is 11.8 Å². The lowest BCUT2D eigenvalue weighted by atomic mass is 10.1. The molecule has 0 aliphatic rings. The smallest absolute Gasteiger partial charge is 0.0381 e. The zero-order valence-corrected chi connectivity index (χ0v) is 10.2. The molecular weight excluding hydrogens is 190 g/mol. The molecule has 0 aromatic heterocycles. The zero-order valence-electron chi connectivity index (χ0n) is 9.42. The molecular formula is C12H19NS. The summed E-state index contributed by atoms with van der Waals surface area (Å²) < 4.78 is 0. The standard InChI is InChI=1S/C12H19NS/c1-9(2)8-13-12-7-11(14-4)6-5-10(12)3/h5-7,9,13H,8H2,1-4H3. The third kappa shape index (κ3) is 3.26. The average molecular weight is 209 g/mol. The van der Waals surface area contributed by atoms with Gasteiger partial charge in [-0.1, -0.05) is 19.9 Å². The molecule has 0 saturated heterocycles. The van der Waals surface area contributed by atoms with Gasteiger partial charge < -0.3 is 5.32 Å². The third-order valence-corrected chi connectivity index (χ3v) is 2.87. The van der Waals surface area contributed by atoms with E-state index >= 15 is 0 Å². The lowest BCUT2D eigenvalue weighted by molar-refractivity contribution is 0.688. The predicted molar refractivity (Wildman–Crippen MR) is 66.3 cm³/mol. The summed E-state index contributed by atoms with van der Waals surface area (Å²) in [4.78, 5) is 1.32. The Morgan fingerprint density at radius 1 is 1.36 bits per heavy atom. The van der Waals surface area contributed by atoms with Gasteiger partial charge in [0.2, 0.25) is 0 Å². The molecule has 78 valence electrons. The highest BCUT2D eigenvalue weighted by molar-refractivity contribution is 7.98. The van der Waals surface area contributed by atoms with Crippen LogP contribution in [0.5, 0.6) is 0 Å². The van der Waals surface area contributed by atoms with Crippen LogP contribution >= 0.6 is 11.8 Å². The van der Waals surface area contributed by atoms with E-state index in [1.54, 1.807) is 11.8 Å². The molecule has 0 spiro atoms. The Morgan fingerprint density at radius 2 is 2.07 bits per heavy atom. The molecule has 0 radical (unpaired) electrons. The minimum Gasteiger partial charge on any atom is -0.385 e. The summed E-state index contributed by atoms with van der Waals surface area (Å²) in [6.07, 6.45) is 2.11. The third-order valence-electron chi connectivity index (χ3n) is 2.15. The highest BCUT2D eigenvalue weighted by atomic mass is 32.2. The first-order valence-electron chi connectivity index (χ1n) is 5.02. The Labute approximate surface area is 91.3 Å². The van der Waals surface area contributed by atoms with Crippen molar-refractivity contribution in [2.24, 2.45) is 5.92 Å². The second-order valence-corrected chi connectivity index (χ2v) is 4.84. The lowest BCUT2D eigenvalue weighted by Gasteiger charge is -2.12. The molecule has 1 N–H and O–H groups in total. The summed E-state index contributed by atoms with van der Waals surface area (Å²) in [6.45, 7) is 7.63. The summed E-state index contributed by atoms with van der Waals surface area (Å²) in [5.41, 5.74) is 2.59. The van der Waals surface area contributed by atoms with E-state index in [2.05, 4.69) is 50.5 Å². The fourth-order valence-electron chi connectivity index (χ4n) is 1.23. The van der Waals surface area contributed by atoms with Gasteiger partial charge >= 0.3 is 0 Å². The zero-order chi connectivity index (χ0) is 10.6. The van der Waals surface area contributed by atoms with Gasteiger partial charge in [-0.3, -0.25) is 0 Å². The van der Waals surface area contributed by atoms with E-state index in [-0.39, 0.29) is 0 Å². The number of benzene rings is 1. The van der Waals surface area contributed by atoms with E-state index in [9.17, 15) is 0 Å². The molecule has 0 aliphatic carbocycles. The maximum atomic E-state index is 3.47. The lowest BCUT2D eigenvalue weighted by Crippen LogP contribution is -2.08. The summed E-state index contributed by atoms with van der Waals surface area (Å²) >= 11 is 1.79. The second kappa shape index (κ2) is 5.30. The Balaban J connectivity index is 2.73. The molecule has 0 saturated carbocycles. The van der Waals surface area contributed by atoms with Gasteiger partial charge in [0.1, 0.15) is 0 Å². The molecule has 0 aliphatic heterocycles. The van der Waals surface area contributed by atoms with Gasteiger partial charge in [-0.05, 0) is 36.8 Å². The minimum atomic E-state index is 0.687. The SMILES string of the molecule is CSc1ccc(C)c(NCC(C)C)c1. The number of nitrogens with one attached hydrogen (secondary N) is 1. The molecule has 0 bridgehead atoms. The van der Waals surface area contributed by atoms with Crippen molar-refractivity contribution in [1.29, 1.82) is 0 Å². The Bertz CT molecular complexity index is 294. The van der Waals surface area contributed by atoms with Crippen LogP contribution in [0.15, 0.2) is 23.1 Å². The Hall–Kier alpha value is -0.630. The number of hydrogen-bond acceptors (Lipinski definition) is 2. The number of rotatable bonds is 4. The van der Waals surface area contributed by atoms with E-state index in [0.29, 0.717) is 5.92 Å². The van der Waals surface area contributed by atoms with Crippen molar-refractivity contribution < 1.29 is 0 Å². The van der Waals surface area contributed by atoms with Gasteiger partial charge in [-0.25, -0.2) is 0 Å². The van der Waals surface area contributed by atoms with E-state index in [1.165, 1.54) is 16.1 Å². The Morgan fingerprint density at radius 3 is 2.64 bits per heavy atom. The first-order valence-corrected chi connectivity index (χ1v) is 6.24. The van der Waals surface area contributed by atoms with Crippen molar-refractivity contribution in [2.75, 3.05) is 18.1 Å². The van der Waals surface area contributed by atoms with Gasteiger partial charge in [0.05, 0.1) is 0 Å². The van der Waals surface area contributed by atoms with Gasteiger partial charge in [0.25, 0.3) is 0 Å². The normalized spacial score (nSPS) is 10.6. The first-order chi connectivity index (χ1) is 6.63. The highest BCUT2D eigenvalue weighted by Gasteiger charge is 2.00. The fraction of sp³-hybridized carbons (Fsp3) is 0.500. The summed E-state index contributed by atoms with van der Waals surface area (Å²) in [5.74, 6) is 0.687. The summed E-state index contributed by atoms with van der Waals surface area (Å²) in [6, 6.07) is 6.57. The topological polar surface area (TPSA) is 12.0 Å². The van der Waals surface area contributed by atoms with Crippen LogP contribution in [0.1, 0.15) is 19.4 Å². The van der Waals surface area contributed by atoms with Crippen LogP contribution in [-0.4, -0.2) is 12.8 Å². The number of aryl methyl sites for hydroxylation is 1. The van der Waals surface area contributed by atoms with Crippen LogP contribution in [0.4, 0.5) is 5.69 Å². The maximum Gasteiger partial charge on any atom is 0.0381 e. The Kier molecular flexibility index (Phi) is 4.33. The van der Waals surface area contributed by atoms with E-state index in [4.69, 9.17) is 0 Å². The monoisotopic (exact) mass is 209 g/mol. The summed E-state index contributed by atoms with van der Waals surface area (Å²) in [7, 11) is 0. The summed E-state index contributed by atoms with van der Waals surface area (Å²) in [5, 5.41) is 3.47. The quantitative estimate of drug-likeness (QED) is 0.757. The largest absolute Gasteiger partial charge is 0.385 e. The number of anilines is 1. The van der Waals surface area contributed by atoms with Crippen molar-refractivity contribution >= 4 is 17.4 Å². The van der Waals surface area contributed by atoms with Crippen LogP contribution in [-0.2, 0) is 0 Å². The van der Waals surface area contributed by atoms with Crippen LogP contribution in [0, 0.1) is 12.8 Å². The van der Waals surface area contributed by atoms with Crippen molar-refractivity contribution in [3.63, 3.8) is 0 Å². The van der Waals surface area contributed by atoms with Gasteiger partial charge in [-0.2, -0.15) is 0 Å². The molecule has 1 rings (SSSR count). The van der Waals surface area contributed by atoms with E-state index in [1.807, 2.05) is 0 Å². The molecule has 0 unspecified atom stereocenters. The van der Waals surface area contributed by atoms with E-state index < -0.39 is 0 Å². The van der Waals surface area contributed by atoms with Gasteiger partial charge in [0, 0.05) is 17.1 Å². The van der Waals surface area contributed by atoms with Crippen LogP contribution in [0.3, 0.4) is 0 Å². The molecule has 1 nitrogen and oxygen atoms in total. The van der Waals surface area contributed by atoms with Crippen LogP contribution < -0.4 is 5.32 Å². The van der Waals surface area contributed by atoms with Crippen molar-refractivity contribution in [1.82, 2.24) is 0 Å². The van der Waals surface area contributed by atoms with Crippen molar-refractivity contribution in [2.45, 2.75) is 25.7 Å². The predicted octanol–water partition coefficient (Wildman–Crippen LogP) is 3.78. The molecule has 0 fully saturated rings. The molecule has 2 heteroatoms. The molecule has 0 atom stereocenters. The van der Waals surface area contributed by atoms with Crippen molar-refractivity contribution in [3.05, 3.63) is 23.8 Å². The van der Waals surface area contributed by atoms with Gasteiger partial charge in [0.15, 0.2) is 0 Å². The maximum absolute atomic E-state index is 3.47. The van der Waals surface area contributed by atoms with Crippen molar-refractivity contribution in [3.8, 4) is 0 Å². The first kappa shape index (κ1) is 11.4. The minimum absolute atomic E-state index is 0.687. The fourth-order valence-corrected chi connectivity index (χ4v) is 1.67. The van der Waals surface area contributed by atoms with Crippen LogP contribution in [0.2, 0.25) is 0 Å². The molecule has 1 aromatic rings. The molecule has 0 amide bonds. The molecule has 1 aromatic carbocycles. The molecule has 0 heterocycles. The van der Waals surface area contributed by atoms with Crippen LogP contribution in [0.25, 0.3) is 0 Å². The number of thioether (sulfide) groups is 1. The van der Waals surface area contributed by atoms with E-state index in [0.717, 1.165) is 6.54 Å². The second-order valence-electron chi connectivity index (χ2n) is 3.96. The highest BCUT2D eigenvalue weighted by Crippen LogP contribution is 2.22. The molecule has 14 heavy (non-hydrogen) atoms. The average Bonchev–Trinajstić information content (AvgIpc) is 2.16. The number of hydrogen-bond donors (Lipinski definition) is 1.